The number of aryl methyl sites for hydroxylation is 1. The molecule has 5 nitrogen and oxygen atoms in total. The summed E-state index contributed by atoms with van der Waals surface area (Å²) in [6.07, 6.45) is 1.49. The summed E-state index contributed by atoms with van der Waals surface area (Å²) in [5.41, 5.74) is 1.62. The zero-order valence-electron chi connectivity index (χ0n) is 12.2. The number of hydrogen-bond acceptors (Lipinski definition) is 3. The second kappa shape index (κ2) is 7.07. The molecular formula is C15H15BrClN3O2. The molecule has 0 atom stereocenters. The molecule has 0 aliphatic carbocycles. The lowest BCUT2D eigenvalue weighted by molar-refractivity contribution is 0.0952. The van der Waals surface area contributed by atoms with E-state index in [1.165, 1.54) is 10.9 Å². The zero-order valence-corrected chi connectivity index (χ0v) is 14.5. The van der Waals surface area contributed by atoms with E-state index in [1.807, 2.05) is 0 Å². The summed E-state index contributed by atoms with van der Waals surface area (Å²) in [7, 11) is 0. The summed E-state index contributed by atoms with van der Waals surface area (Å²) in [5.74, 6) is -0.281. The van der Waals surface area contributed by atoms with Crippen molar-refractivity contribution in [2.45, 2.75) is 20.4 Å². The van der Waals surface area contributed by atoms with Crippen molar-refractivity contribution >= 4 is 33.4 Å². The summed E-state index contributed by atoms with van der Waals surface area (Å²) in [6.45, 7) is 4.19. The largest absolute Gasteiger partial charge is 0.350 e. The summed E-state index contributed by atoms with van der Waals surface area (Å²) < 4.78 is 2.25. The number of halogens is 2. The Balaban J connectivity index is 2.02. The fraction of sp³-hybridized carbons (Fsp3) is 0.267. The third-order valence-corrected chi connectivity index (χ3v) is 4.15. The first-order valence-corrected chi connectivity index (χ1v) is 7.83. The molecule has 0 radical (unpaired) electrons. The first-order chi connectivity index (χ1) is 10.4. The standard InChI is InChI=1S/C15H15BrClN3O2/c1-9-10(2)19-8-20(15(9)22)6-5-18-14(21)12-7-11(16)3-4-13(12)17/h3-4,7-8H,5-6H2,1-2H3,(H,18,21). The van der Waals surface area contributed by atoms with E-state index >= 15 is 0 Å². The van der Waals surface area contributed by atoms with Crippen LogP contribution in [0.15, 0.2) is 33.8 Å². The number of carbonyl (C=O) groups excluding carboxylic acids is 1. The van der Waals surface area contributed by atoms with Crippen LogP contribution in [0.1, 0.15) is 21.6 Å². The van der Waals surface area contributed by atoms with Gasteiger partial charge in [0, 0.05) is 28.8 Å². The lowest BCUT2D eigenvalue weighted by Gasteiger charge is -2.10. The van der Waals surface area contributed by atoms with Crippen LogP contribution in [0.4, 0.5) is 0 Å². The molecule has 2 aromatic rings. The molecule has 1 aromatic heterocycles. The average Bonchev–Trinajstić information content (AvgIpc) is 2.49. The van der Waals surface area contributed by atoms with Gasteiger partial charge in [0.1, 0.15) is 0 Å². The van der Waals surface area contributed by atoms with Crippen LogP contribution in [0.3, 0.4) is 0 Å². The number of nitrogens with one attached hydrogen (secondary N) is 1. The molecule has 1 N–H and O–H groups in total. The predicted molar refractivity (Wildman–Crippen MR) is 89.5 cm³/mol. The fourth-order valence-corrected chi connectivity index (χ4v) is 2.46. The van der Waals surface area contributed by atoms with Gasteiger partial charge in [-0.25, -0.2) is 4.98 Å². The van der Waals surface area contributed by atoms with E-state index in [0.717, 1.165) is 4.47 Å². The molecule has 0 spiro atoms. The number of amides is 1. The van der Waals surface area contributed by atoms with Crippen molar-refractivity contribution in [3.05, 3.63) is 61.2 Å². The Labute approximate surface area is 141 Å². The highest BCUT2D eigenvalue weighted by Crippen LogP contribution is 2.20. The van der Waals surface area contributed by atoms with Gasteiger partial charge in [0.15, 0.2) is 0 Å². The van der Waals surface area contributed by atoms with Crippen molar-refractivity contribution in [2.75, 3.05) is 6.54 Å². The van der Waals surface area contributed by atoms with Gasteiger partial charge in [0.2, 0.25) is 0 Å². The molecule has 0 unspecified atom stereocenters. The molecule has 0 saturated heterocycles. The molecule has 2 rings (SSSR count). The average molecular weight is 385 g/mol. The molecule has 116 valence electrons. The smallest absolute Gasteiger partial charge is 0.256 e. The van der Waals surface area contributed by atoms with Crippen molar-refractivity contribution in [3.63, 3.8) is 0 Å². The van der Waals surface area contributed by atoms with E-state index in [1.54, 1.807) is 32.0 Å². The van der Waals surface area contributed by atoms with Gasteiger partial charge in [-0.05, 0) is 32.0 Å². The van der Waals surface area contributed by atoms with Gasteiger partial charge in [-0.2, -0.15) is 0 Å². The predicted octanol–water partition coefficient (Wildman–Crippen LogP) is 2.71. The maximum atomic E-state index is 12.1. The Bertz CT molecular complexity index is 774. The number of nitrogens with zero attached hydrogens (tertiary/aromatic N) is 2. The van der Waals surface area contributed by atoms with Crippen molar-refractivity contribution in [1.82, 2.24) is 14.9 Å². The highest BCUT2D eigenvalue weighted by atomic mass is 79.9. The molecule has 22 heavy (non-hydrogen) atoms. The maximum absolute atomic E-state index is 12.1. The lowest BCUT2D eigenvalue weighted by Crippen LogP contribution is -2.32. The molecule has 0 fully saturated rings. The summed E-state index contributed by atoms with van der Waals surface area (Å²) in [6, 6.07) is 5.07. The summed E-state index contributed by atoms with van der Waals surface area (Å²) in [4.78, 5) is 28.3. The quantitative estimate of drug-likeness (QED) is 0.881. The van der Waals surface area contributed by atoms with E-state index < -0.39 is 0 Å². The second-order valence-electron chi connectivity index (χ2n) is 4.83. The Hall–Kier alpha value is -1.66. The number of hydrogen-bond donors (Lipinski definition) is 1. The minimum Gasteiger partial charge on any atom is -0.350 e. The van der Waals surface area contributed by atoms with E-state index in [0.29, 0.717) is 34.9 Å². The Morgan fingerprint density at radius 2 is 2.14 bits per heavy atom. The van der Waals surface area contributed by atoms with Crippen molar-refractivity contribution in [1.29, 1.82) is 0 Å². The Kier molecular flexibility index (Phi) is 5.37. The third kappa shape index (κ3) is 3.75. The van der Waals surface area contributed by atoms with Crippen LogP contribution >= 0.6 is 27.5 Å². The van der Waals surface area contributed by atoms with Crippen LogP contribution < -0.4 is 10.9 Å². The molecule has 0 aliphatic rings. The zero-order chi connectivity index (χ0) is 16.3. The highest BCUT2D eigenvalue weighted by Gasteiger charge is 2.10. The third-order valence-electron chi connectivity index (χ3n) is 3.33. The van der Waals surface area contributed by atoms with E-state index in [4.69, 9.17) is 11.6 Å². The van der Waals surface area contributed by atoms with Gasteiger partial charge in [-0.1, -0.05) is 27.5 Å². The van der Waals surface area contributed by atoms with Crippen LogP contribution in [-0.2, 0) is 6.54 Å². The number of carbonyl (C=O) groups is 1. The van der Waals surface area contributed by atoms with Crippen LogP contribution in [0.5, 0.6) is 0 Å². The lowest BCUT2D eigenvalue weighted by atomic mass is 10.2. The van der Waals surface area contributed by atoms with Gasteiger partial charge in [0.25, 0.3) is 11.5 Å². The minimum atomic E-state index is -0.281. The molecule has 0 aliphatic heterocycles. The normalized spacial score (nSPS) is 10.5. The first-order valence-electron chi connectivity index (χ1n) is 6.66. The maximum Gasteiger partial charge on any atom is 0.256 e. The Morgan fingerprint density at radius 3 is 2.86 bits per heavy atom. The highest BCUT2D eigenvalue weighted by molar-refractivity contribution is 9.10. The molecule has 1 amide bonds. The number of benzene rings is 1. The van der Waals surface area contributed by atoms with E-state index in [-0.39, 0.29) is 11.5 Å². The molecule has 0 saturated carbocycles. The first kappa shape index (κ1) is 16.7. The molecule has 1 aromatic carbocycles. The molecule has 7 heteroatoms. The van der Waals surface area contributed by atoms with Crippen LogP contribution in [-0.4, -0.2) is 22.0 Å². The monoisotopic (exact) mass is 383 g/mol. The summed E-state index contributed by atoms with van der Waals surface area (Å²) in [5, 5.41) is 3.13. The van der Waals surface area contributed by atoms with E-state index in [9.17, 15) is 9.59 Å². The molecule has 1 heterocycles. The topological polar surface area (TPSA) is 64.0 Å². The van der Waals surface area contributed by atoms with Crippen molar-refractivity contribution in [2.24, 2.45) is 0 Å². The summed E-state index contributed by atoms with van der Waals surface area (Å²) >= 11 is 9.30. The second-order valence-corrected chi connectivity index (χ2v) is 6.16. The fourth-order valence-electron chi connectivity index (χ4n) is 1.89. The van der Waals surface area contributed by atoms with Crippen LogP contribution in [0.25, 0.3) is 0 Å². The molecular weight excluding hydrogens is 370 g/mol. The van der Waals surface area contributed by atoms with Crippen LogP contribution in [0, 0.1) is 13.8 Å². The van der Waals surface area contributed by atoms with Gasteiger partial charge in [-0.3, -0.25) is 14.2 Å². The van der Waals surface area contributed by atoms with Crippen molar-refractivity contribution < 1.29 is 4.79 Å². The number of rotatable bonds is 4. The van der Waals surface area contributed by atoms with Gasteiger partial charge < -0.3 is 5.32 Å². The van der Waals surface area contributed by atoms with Crippen molar-refractivity contribution in [3.8, 4) is 0 Å². The number of aromatic nitrogens is 2. The minimum absolute atomic E-state index is 0.0952. The Morgan fingerprint density at radius 1 is 1.41 bits per heavy atom. The molecule has 0 bridgehead atoms. The van der Waals surface area contributed by atoms with Gasteiger partial charge >= 0.3 is 0 Å². The van der Waals surface area contributed by atoms with Gasteiger partial charge in [0.05, 0.1) is 16.9 Å². The van der Waals surface area contributed by atoms with E-state index in [2.05, 4.69) is 26.2 Å². The SMILES string of the molecule is Cc1ncn(CCNC(=O)c2cc(Br)ccc2Cl)c(=O)c1C. The van der Waals surface area contributed by atoms with Gasteiger partial charge in [-0.15, -0.1) is 0 Å². The van der Waals surface area contributed by atoms with Crippen LogP contribution in [0.2, 0.25) is 5.02 Å².